The van der Waals surface area contributed by atoms with Crippen molar-refractivity contribution in [3.8, 4) is 5.75 Å². The number of benzene rings is 1. The fourth-order valence-corrected chi connectivity index (χ4v) is 9.10. The standard InChI is InChI=1S/C31H35IN4O6S/c1-31-15-5-8-20-22(11-12-23(27(20)31)35(30(31)38)17-7-19-42-32)34-29(37)24-10-3-4-18-36(24)43(39,40)26-14-13-25(41-2)28-21(26)9-6-16-33-28/h5-6,8-9,12-14,16,22,24H,3-4,7,10-11,15,17-19H2,1-2H3,(H,34,37)/t22?,24?,31-/m1/s1. The third kappa shape index (κ3) is 5.09. The summed E-state index contributed by atoms with van der Waals surface area (Å²) in [5, 5.41) is 3.64. The van der Waals surface area contributed by atoms with Crippen molar-refractivity contribution in [2.75, 3.05) is 26.8 Å². The summed E-state index contributed by atoms with van der Waals surface area (Å²) in [6, 6.07) is 5.34. The SMILES string of the molecule is COc1ccc(S(=O)(=O)N2CCCCC2C(=O)NC2CC=C3C4=C2C=CC[C@@]4(C)C(=O)N3CCCOI)c2cccnc12. The lowest BCUT2D eigenvalue weighted by Crippen LogP contribution is -2.54. The van der Waals surface area contributed by atoms with Crippen molar-refractivity contribution in [3.05, 3.63) is 65.5 Å². The van der Waals surface area contributed by atoms with Crippen molar-refractivity contribution in [3.63, 3.8) is 0 Å². The molecule has 4 aliphatic rings. The maximum absolute atomic E-state index is 14.1. The highest BCUT2D eigenvalue weighted by Crippen LogP contribution is 2.52. The fraction of sp³-hybridized carbons (Fsp3) is 0.452. The van der Waals surface area contributed by atoms with Gasteiger partial charge in [0.25, 0.3) is 0 Å². The Kier molecular flexibility index (Phi) is 8.39. The molecule has 6 rings (SSSR count). The number of allylic oxidation sites excluding steroid dienone is 2. The molecular weight excluding hydrogens is 683 g/mol. The minimum Gasteiger partial charge on any atom is -0.494 e. The minimum absolute atomic E-state index is 0.0711. The molecule has 2 amide bonds. The third-order valence-electron chi connectivity index (χ3n) is 9.03. The molecule has 2 aromatic rings. The van der Waals surface area contributed by atoms with Crippen LogP contribution in [0.5, 0.6) is 5.75 Å². The number of pyridine rings is 1. The second kappa shape index (κ2) is 11.9. The lowest BCUT2D eigenvalue weighted by molar-refractivity contribution is -0.133. The molecule has 0 saturated carbocycles. The Balaban J connectivity index is 1.28. The summed E-state index contributed by atoms with van der Waals surface area (Å²) >= 11 is 1.87. The van der Waals surface area contributed by atoms with E-state index in [9.17, 15) is 18.0 Å². The van der Waals surface area contributed by atoms with Crippen LogP contribution < -0.4 is 10.1 Å². The number of halogens is 1. The summed E-state index contributed by atoms with van der Waals surface area (Å²) in [6.07, 6.45) is 11.4. The van der Waals surface area contributed by atoms with Crippen molar-refractivity contribution in [2.24, 2.45) is 5.41 Å². The van der Waals surface area contributed by atoms with E-state index in [0.717, 1.165) is 29.7 Å². The van der Waals surface area contributed by atoms with E-state index in [0.29, 0.717) is 55.5 Å². The van der Waals surface area contributed by atoms with Crippen molar-refractivity contribution < 1.29 is 25.8 Å². The van der Waals surface area contributed by atoms with Crippen LogP contribution in [0.1, 0.15) is 45.4 Å². The minimum atomic E-state index is -4.04. The highest BCUT2D eigenvalue weighted by molar-refractivity contribution is 14.1. The molecule has 0 bridgehead atoms. The van der Waals surface area contributed by atoms with Gasteiger partial charge >= 0.3 is 0 Å². The molecule has 12 heteroatoms. The number of likely N-dealkylation sites (tertiary alicyclic amines) is 1. The van der Waals surface area contributed by atoms with Gasteiger partial charge in [0.1, 0.15) is 40.3 Å². The van der Waals surface area contributed by atoms with Gasteiger partial charge in [0, 0.05) is 30.4 Å². The average molecular weight is 719 g/mol. The summed E-state index contributed by atoms with van der Waals surface area (Å²) in [5.74, 6) is 0.230. The van der Waals surface area contributed by atoms with Gasteiger partial charge in [-0.25, -0.2) is 8.42 Å². The Morgan fingerprint density at radius 3 is 2.88 bits per heavy atom. The molecule has 2 aliphatic carbocycles. The Morgan fingerprint density at radius 1 is 1.26 bits per heavy atom. The number of hydrogen-bond donors (Lipinski definition) is 1. The van der Waals surface area contributed by atoms with Gasteiger partial charge in [0.2, 0.25) is 21.8 Å². The smallest absolute Gasteiger partial charge is 0.244 e. The number of ether oxygens (including phenoxy) is 1. The number of piperidine rings is 1. The van der Waals surface area contributed by atoms with Gasteiger partial charge in [-0.15, -0.1) is 0 Å². The van der Waals surface area contributed by atoms with E-state index in [4.69, 9.17) is 7.80 Å². The molecule has 228 valence electrons. The van der Waals surface area contributed by atoms with Crippen molar-refractivity contribution >= 4 is 55.7 Å². The predicted molar refractivity (Wildman–Crippen MR) is 170 cm³/mol. The summed E-state index contributed by atoms with van der Waals surface area (Å²) < 4.78 is 40.2. The zero-order valence-corrected chi connectivity index (χ0v) is 27.2. The first-order valence-electron chi connectivity index (χ1n) is 14.6. The first-order valence-corrected chi connectivity index (χ1v) is 17.0. The molecular formula is C31H35IN4O6S. The van der Waals surface area contributed by atoms with Crippen LogP contribution >= 0.6 is 23.0 Å². The second-order valence-corrected chi connectivity index (χ2v) is 14.1. The highest BCUT2D eigenvalue weighted by atomic mass is 127. The quantitative estimate of drug-likeness (QED) is 0.302. The molecule has 2 saturated heterocycles. The van der Waals surface area contributed by atoms with Crippen LogP contribution in [-0.4, -0.2) is 73.3 Å². The van der Waals surface area contributed by atoms with E-state index >= 15 is 0 Å². The molecule has 0 radical (unpaired) electrons. The number of hydrogen-bond acceptors (Lipinski definition) is 7. The third-order valence-corrected chi connectivity index (χ3v) is 11.4. The maximum atomic E-state index is 14.1. The average Bonchev–Trinajstić information content (AvgIpc) is 3.24. The maximum Gasteiger partial charge on any atom is 0.244 e. The van der Waals surface area contributed by atoms with E-state index in [1.165, 1.54) is 17.5 Å². The van der Waals surface area contributed by atoms with Crippen LogP contribution in [0.2, 0.25) is 0 Å². The summed E-state index contributed by atoms with van der Waals surface area (Å²) in [7, 11) is -2.52. The zero-order chi connectivity index (χ0) is 30.4. The number of carbonyl (C=O) groups excluding carboxylic acids is 2. The van der Waals surface area contributed by atoms with Crippen molar-refractivity contribution in [1.29, 1.82) is 0 Å². The number of sulfonamides is 1. The lowest BCUT2D eigenvalue weighted by atomic mass is 9.71. The second-order valence-electron chi connectivity index (χ2n) is 11.6. The van der Waals surface area contributed by atoms with E-state index < -0.39 is 21.5 Å². The van der Waals surface area contributed by atoms with E-state index in [1.807, 2.05) is 53.1 Å². The van der Waals surface area contributed by atoms with E-state index in [1.54, 1.807) is 24.4 Å². The summed E-state index contributed by atoms with van der Waals surface area (Å²) in [6.45, 7) is 3.35. The summed E-state index contributed by atoms with van der Waals surface area (Å²) in [5.41, 5.74) is 2.59. The Morgan fingerprint density at radius 2 is 2.09 bits per heavy atom. The van der Waals surface area contributed by atoms with Gasteiger partial charge in [0.15, 0.2) is 0 Å². The number of carbonyl (C=O) groups is 2. The Bertz CT molecular complexity index is 1670. The van der Waals surface area contributed by atoms with Gasteiger partial charge in [-0.3, -0.25) is 14.6 Å². The van der Waals surface area contributed by atoms with Gasteiger partial charge in [-0.05, 0) is 74.4 Å². The number of methoxy groups -OCH3 is 1. The molecule has 43 heavy (non-hydrogen) atoms. The summed E-state index contributed by atoms with van der Waals surface area (Å²) in [4.78, 5) is 33.9. The number of nitrogens with one attached hydrogen (secondary N) is 1. The van der Waals surface area contributed by atoms with Crippen LogP contribution in [0.4, 0.5) is 0 Å². The number of nitrogens with zero attached hydrogens (tertiary/aromatic N) is 3. The molecule has 1 N–H and O–H groups in total. The molecule has 2 aliphatic heterocycles. The molecule has 1 aromatic heterocycles. The molecule has 3 heterocycles. The first kappa shape index (κ1) is 30.2. The van der Waals surface area contributed by atoms with Crippen LogP contribution in [-0.2, 0) is 22.7 Å². The number of amides is 2. The number of fused-ring (bicyclic) bond motifs is 1. The largest absolute Gasteiger partial charge is 0.494 e. The lowest BCUT2D eigenvalue weighted by Gasteiger charge is -2.37. The zero-order valence-electron chi connectivity index (χ0n) is 24.2. The van der Waals surface area contributed by atoms with Gasteiger partial charge < -0.3 is 18.0 Å². The van der Waals surface area contributed by atoms with Crippen molar-refractivity contribution in [2.45, 2.75) is 62.4 Å². The molecule has 10 nitrogen and oxygen atoms in total. The molecule has 3 atom stereocenters. The molecule has 1 aromatic carbocycles. The Labute approximate surface area is 265 Å². The number of aromatic nitrogens is 1. The van der Waals surface area contributed by atoms with Gasteiger partial charge in [-0.2, -0.15) is 4.31 Å². The van der Waals surface area contributed by atoms with Gasteiger partial charge in [-0.1, -0.05) is 24.6 Å². The Hall–Kier alpha value is -2.81. The van der Waals surface area contributed by atoms with Crippen molar-refractivity contribution in [1.82, 2.24) is 19.5 Å². The first-order chi connectivity index (χ1) is 20.7. The topological polar surface area (TPSA) is 118 Å². The monoisotopic (exact) mass is 718 g/mol. The van der Waals surface area contributed by atoms with Crippen LogP contribution in [0, 0.1) is 5.41 Å². The molecule has 0 spiro atoms. The van der Waals surface area contributed by atoms with Crippen LogP contribution in [0.15, 0.2) is 70.4 Å². The predicted octanol–water partition coefficient (Wildman–Crippen LogP) is 4.42. The number of rotatable bonds is 9. The fourth-order valence-electron chi connectivity index (χ4n) is 6.95. The van der Waals surface area contributed by atoms with Gasteiger partial charge in [0.05, 0.1) is 30.1 Å². The molecule has 2 fully saturated rings. The molecule has 2 unspecified atom stereocenters. The van der Waals surface area contributed by atoms with Crippen LogP contribution in [0.25, 0.3) is 10.9 Å². The van der Waals surface area contributed by atoms with Crippen LogP contribution in [0.3, 0.4) is 0 Å². The van der Waals surface area contributed by atoms with E-state index in [-0.39, 0.29) is 29.3 Å². The highest BCUT2D eigenvalue weighted by Gasteiger charge is 2.53. The van der Waals surface area contributed by atoms with E-state index in [2.05, 4.69) is 10.3 Å². The normalized spacial score (nSPS) is 25.6.